The van der Waals surface area contributed by atoms with Crippen molar-refractivity contribution in [3.63, 3.8) is 0 Å². The summed E-state index contributed by atoms with van der Waals surface area (Å²) in [6, 6.07) is 4.31. The summed E-state index contributed by atoms with van der Waals surface area (Å²) in [5.74, 6) is 2.54. The van der Waals surface area contributed by atoms with Crippen LogP contribution in [0.3, 0.4) is 0 Å². The smallest absolute Gasteiger partial charge is 0.222 e. The van der Waals surface area contributed by atoms with Crippen LogP contribution in [0.1, 0.15) is 37.4 Å². The van der Waals surface area contributed by atoms with E-state index in [4.69, 9.17) is 5.10 Å². The van der Waals surface area contributed by atoms with E-state index in [0.29, 0.717) is 18.4 Å². The standard InChI is InChI=1S/C18H27N7O/c1-22(2)16-6-5-15-19-20-18(25(15)21-16)13-8-10-24(11-9-13)12-14-4-7-17(26)23(14)3/h5-6,13-14H,4,7-12H2,1-3H3. The number of amides is 1. The molecule has 2 aliphatic heterocycles. The summed E-state index contributed by atoms with van der Waals surface area (Å²) in [6.45, 7) is 3.05. The van der Waals surface area contributed by atoms with Crippen LogP contribution in [-0.4, -0.2) is 82.3 Å². The highest BCUT2D eigenvalue weighted by Crippen LogP contribution is 2.28. The minimum absolute atomic E-state index is 0.280. The maximum absolute atomic E-state index is 11.7. The van der Waals surface area contributed by atoms with Crippen molar-refractivity contribution in [3.8, 4) is 0 Å². The predicted molar refractivity (Wildman–Crippen MR) is 99.3 cm³/mol. The lowest BCUT2D eigenvalue weighted by Gasteiger charge is -2.34. The Hall–Kier alpha value is -2.22. The number of likely N-dealkylation sites (N-methyl/N-ethyl adjacent to an activating group) is 1. The van der Waals surface area contributed by atoms with Crippen LogP contribution in [0.25, 0.3) is 5.65 Å². The second-order valence-corrected chi connectivity index (χ2v) is 7.69. The molecule has 2 aliphatic rings. The number of nitrogens with zero attached hydrogens (tertiary/aromatic N) is 7. The molecule has 0 N–H and O–H groups in total. The number of anilines is 1. The van der Waals surface area contributed by atoms with Crippen LogP contribution in [0.4, 0.5) is 5.82 Å². The number of hydrogen-bond acceptors (Lipinski definition) is 6. The zero-order valence-corrected chi connectivity index (χ0v) is 15.8. The third-order valence-corrected chi connectivity index (χ3v) is 5.79. The molecule has 2 fully saturated rings. The van der Waals surface area contributed by atoms with E-state index >= 15 is 0 Å². The van der Waals surface area contributed by atoms with Crippen LogP contribution < -0.4 is 4.90 Å². The summed E-state index contributed by atoms with van der Waals surface area (Å²) < 4.78 is 1.90. The lowest BCUT2D eigenvalue weighted by atomic mass is 9.95. The number of aromatic nitrogens is 4. The molecule has 26 heavy (non-hydrogen) atoms. The molecule has 4 rings (SSSR count). The minimum Gasteiger partial charge on any atom is -0.361 e. The number of fused-ring (bicyclic) bond motifs is 1. The molecule has 1 amide bonds. The normalized spacial score (nSPS) is 22.5. The lowest BCUT2D eigenvalue weighted by Crippen LogP contribution is -2.43. The molecule has 0 aromatic carbocycles. The number of carbonyl (C=O) groups excluding carboxylic acids is 1. The topological polar surface area (TPSA) is 69.9 Å². The van der Waals surface area contributed by atoms with E-state index in [-0.39, 0.29) is 5.91 Å². The Kier molecular flexibility index (Phi) is 4.52. The van der Waals surface area contributed by atoms with E-state index in [2.05, 4.69) is 15.1 Å². The summed E-state index contributed by atoms with van der Waals surface area (Å²) >= 11 is 0. The van der Waals surface area contributed by atoms with Crippen molar-refractivity contribution in [3.05, 3.63) is 18.0 Å². The first-order chi connectivity index (χ1) is 12.5. The fraction of sp³-hybridized carbons (Fsp3) is 0.667. The van der Waals surface area contributed by atoms with Crippen molar-refractivity contribution < 1.29 is 4.79 Å². The zero-order chi connectivity index (χ0) is 18.3. The summed E-state index contributed by atoms with van der Waals surface area (Å²) in [5, 5.41) is 13.4. The number of rotatable bonds is 4. The molecule has 4 heterocycles. The molecule has 2 aromatic heterocycles. The fourth-order valence-corrected chi connectivity index (χ4v) is 4.04. The first-order valence-corrected chi connectivity index (χ1v) is 9.40. The molecular formula is C18H27N7O. The number of likely N-dealkylation sites (tertiary alicyclic amines) is 2. The van der Waals surface area contributed by atoms with Gasteiger partial charge in [0.1, 0.15) is 5.82 Å². The summed E-state index contributed by atoms with van der Waals surface area (Å²) in [4.78, 5) is 18.1. The molecule has 1 unspecified atom stereocenters. The van der Waals surface area contributed by atoms with Crippen molar-refractivity contribution in [1.82, 2.24) is 29.6 Å². The second-order valence-electron chi connectivity index (χ2n) is 7.69. The molecule has 2 aromatic rings. The molecule has 0 saturated carbocycles. The van der Waals surface area contributed by atoms with Crippen LogP contribution in [0.15, 0.2) is 12.1 Å². The highest BCUT2D eigenvalue weighted by molar-refractivity contribution is 5.78. The zero-order valence-electron chi connectivity index (χ0n) is 15.8. The van der Waals surface area contributed by atoms with Crippen LogP contribution in [0, 0.1) is 0 Å². The minimum atomic E-state index is 0.280. The maximum atomic E-state index is 11.7. The fourth-order valence-electron chi connectivity index (χ4n) is 4.04. The molecule has 8 nitrogen and oxygen atoms in total. The van der Waals surface area contributed by atoms with Crippen molar-refractivity contribution in [2.45, 2.75) is 37.6 Å². The lowest BCUT2D eigenvalue weighted by molar-refractivity contribution is -0.127. The van der Waals surface area contributed by atoms with Gasteiger partial charge in [0.05, 0.1) is 0 Å². The van der Waals surface area contributed by atoms with E-state index in [0.717, 1.165) is 56.2 Å². The Morgan fingerprint density at radius 2 is 1.92 bits per heavy atom. The molecule has 0 bridgehead atoms. The third kappa shape index (κ3) is 3.13. The van der Waals surface area contributed by atoms with Crippen LogP contribution in [0.5, 0.6) is 0 Å². The Morgan fingerprint density at radius 1 is 1.15 bits per heavy atom. The van der Waals surface area contributed by atoms with Gasteiger partial charge in [-0.2, -0.15) is 4.52 Å². The average Bonchev–Trinajstić information content (AvgIpc) is 3.20. The summed E-state index contributed by atoms with van der Waals surface area (Å²) in [5.41, 5.74) is 0.805. The van der Waals surface area contributed by atoms with Gasteiger partial charge in [-0.25, -0.2) is 0 Å². The highest BCUT2D eigenvalue weighted by atomic mass is 16.2. The van der Waals surface area contributed by atoms with Crippen LogP contribution in [0.2, 0.25) is 0 Å². The highest BCUT2D eigenvalue weighted by Gasteiger charge is 2.31. The largest absolute Gasteiger partial charge is 0.361 e. The molecular weight excluding hydrogens is 330 g/mol. The van der Waals surface area contributed by atoms with Gasteiger partial charge in [-0.05, 0) is 44.5 Å². The Morgan fingerprint density at radius 3 is 2.58 bits per heavy atom. The molecule has 2 saturated heterocycles. The first kappa shape index (κ1) is 17.2. The molecule has 0 radical (unpaired) electrons. The van der Waals surface area contributed by atoms with E-state index < -0.39 is 0 Å². The third-order valence-electron chi connectivity index (χ3n) is 5.79. The van der Waals surface area contributed by atoms with Gasteiger partial charge in [-0.3, -0.25) is 4.79 Å². The van der Waals surface area contributed by atoms with Crippen LogP contribution in [-0.2, 0) is 4.79 Å². The van der Waals surface area contributed by atoms with Gasteiger partial charge in [0.25, 0.3) is 0 Å². The van der Waals surface area contributed by atoms with Gasteiger partial charge in [0, 0.05) is 46.1 Å². The van der Waals surface area contributed by atoms with Gasteiger partial charge in [-0.15, -0.1) is 15.3 Å². The maximum Gasteiger partial charge on any atom is 0.222 e. The first-order valence-electron chi connectivity index (χ1n) is 9.40. The van der Waals surface area contributed by atoms with Gasteiger partial charge in [0.15, 0.2) is 11.5 Å². The second kappa shape index (κ2) is 6.83. The summed E-state index contributed by atoms with van der Waals surface area (Å²) in [6.07, 6.45) is 3.79. The number of hydrogen-bond donors (Lipinski definition) is 0. The van der Waals surface area contributed by atoms with Crippen LogP contribution >= 0.6 is 0 Å². The van der Waals surface area contributed by atoms with Gasteiger partial charge in [-0.1, -0.05) is 0 Å². The van der Waals surface area contributed by atoms with Gasteiger partial charge in [0.2, 0.25) is 5.91 Å². The van der Waals surface area contributed by atoms with Gasteiger partial charge >= 0.3 is 0 Å². The number of carbonyl (C=O) groups is 1. The predicted octanol–water partition coefficient (Wildman–Crippen LogP) is 0.990. The van der Waals surface area contributed by atoms with Crippen molar-refractivity contribution in [2.75, 3.05) is 45.7 Å². The van der Waals surface area contributed by atoms with E-state index in [1.54, 1.807) is 0 Å². The molecule has 1 atom stereocenters. The Balaban J connectivity index is 1.42. The van der Waals surface area contributed by atoms with E-state index in [9.17, 15) is 4.79 Å². The monoisotopic (exact) mass is 357 g/mol. The quantitative estimate of drug-likeness (QED) is 0.813. The van der Waals surface area contributed by atoms with Crippen molar-refractivity contribution >= 4 is 17.4 Å². The molecule has 140 valence electrons. The van der Waals surface area contributed by atoms with Crippen molar-refractivity contribution in [1.29, 1.82) is 0 Å². The Bertz CT molecular complexity index is 794. The van der Waals surface area contributed by atoms with Gasteiger partial charge < -0.3 is 14.7 Å². The SMILES string of the molecule is CN(C)c1ccc2nnc(C3CCN(CC4CCC(=O)N4C)CC3)n2n1. The molecule has 8 heteroatoms. The number of piperidine rings is 1. The Labute approximate surface area is 153 Å². The average molecular weight is 357 g/mol. The van der Waals surface area contributed by atoms with E-state index in [1.807, 2.05) is 47.6 Å². The summed E-state index contributed by atoms with van der Waals surface area (Å²) in [7, 11) is 5.91. The molecule has 0 aliphatic carbocycles. The van der Waals surface area contributed by atoms with E-state index in [1.165, 1.54) is 0 Å². The molecule has 0 spiro atoms. The van der Waals surface area contributed by atoms with Crippen molar-refractivity contribution in [2.24, 2.45) is 0 Å².